The van der Waals surface area contributed by atoms with Gasteiger partial charge < -0.3 is 10.6 Å². The number of nitrogens with zero attached hydrogens (tertiary/aromatic N) is 2. The van der Waals surface area contributed by atoms with Gasteiger partial charge in [-0.2, -0.15) is 0 Å². The van der Waals surface area contributed by atoms with Gasteiger partial charge in [0.1, 0.15) is 23.2 Å². The van der Waals surface area contributed by atoms with Crippen LogP contribution in [0.5, 0.6) is 0 Å². The fraction of sp³-hybridized carbons (Fsp3) is 0.190. The molecule has 27 heavy (non-hydrogen) atoms. The smallest absolute Gasteiger partial charge is 0.274 e. The highest BCUT2D eigenvalue weighted by molar-refractivity contribution is 6.03. The molecule has 0 aliphatic heterocycles. The second-order valence-electron chi connectivity index (χ2n) is 6.49. The molecule has 2 N–H and O–H groups in total. The van der Waals surface area contributed by atoms with E-state index in [1.807, 2.05) is 24.3 Å². The number of carbonyl (C=O) groups excluding carboxylic acids is 1. The molecule has 0 radical (unpaired) electrons. The zero-order valence-electron chi connectivity index (χ0n) is 15.5. The average molecular weight is 364 g/mol. The van der Waals surface area contributed by atoms with Gasteiger partial charge in [0.05, 0.1) is 5.69 Å². The Morgan fingerprint density at radius 3 is 2.37 bits per heavy atom. The Kier molecular flexibility index (Phi) is 5.45. The highest BCUT2D eigenvalue weighted by Gasteiger charge is 2.14. The maximum absolute atomic E-state index is 13.8. The summed E-state index contributed by atoms with van der Waals surface area (Å²) in [5.41, 5.74) is 2.34. The molecule has 0 spiro atoms. The first-order valence-corrected chi connectivity index (χ1v) is 8.71. The van der Waals surface area contributed by atoms with Crippen molar-refractivity contribution in [3.63, 3.8) is 0 Å². The van der Waals surface area contributed by atoms with Gasteiger partial charge in [-0.25, -0.2) is 14.4 Å². The van der Waals surface area contributed by atoms with Crippen LogP contribution in [-0.4, -0.2) is 15.9 Å². The summed E-state index contributed by atoms with van der Waals surface area (Å²) in [6, 6.07) is 15.5. The van der Waals surface area contributed by atoms with Gasteiger partial charge in [0, 0.05) is 11.8 Å². The second-order valence-corrected chi connectivity index (χ2v) is 6.49. The molecule has 0 aliphatic carbocycles. The highest BCUT2D eigenvalue weighted by atomic mass is 19.1. The molecule has 1 heterocycles. The van der Waals surface area contributed by atoms with E-state index in [-0.39, 0.29) is 11.4 Å². The highest BCUT2D eigenvalue weighted by Crippen LogP contribution is 2.26. The quantitative estimate of drug-likeness (QED) is 0.665. The molecule has 138 valence electrons. The summed E-state index contributed by atoms with van der Waals surface area (Å²) in [4.78, 5) is 21.0. The number of nitrogens with one attached hydrogen (secondary N) is 2. The van der Waals surface area contributed by atoms with E-state index in [9.17, 15) is 9.18 Å². The first-order chi connectivity index (χ1) is 12.9. The van der Waals surface area contributed by atoms with Crippen LogP contribution in [0.15, 0.2) is 54.6 Å². The minimum atomic E-state index is -0.499. The maximum atomic E-state index is 13.8. The van der Waals surface area contributed by atoms with Crippen molar-refractivity contribution in [2.75, 3.05) is 10.6 Å². The van der Waals surface area contributed by atoms with Crippen LogP contribution >= 0.6 is 0 Å². The Morgan fingerprint density at radius 2 is 1.67 bits per heavy atom. The second kappa shape index (κ2) is 7.95. The van der Waals surface area contributed by atoms with Gasteiger partial charge in [0.25, 0.3) is 5.91 Å². The van der Waals surface area contributed by atoms with E-state index in [1.54, 1.807) is 25.1 Å². The summed E-state index contributed by atoms with van der Waals surface area (Å²) in [6.45, 7) is 5.93. The van der Waals surface area contributed by atoms with Gasteiger partial charge in [-0.1, -0.05) is 44.2 Å². The normalized spacial score (nSPS) is 10.7. The molecule has 0 aliphatic rings. The molecule has 0 atom stereocenters. The van der Waals surface area contributed by atoms with E-state index >= 15 is 0 Å². The third-order valence-corrected chi connectivity index (χ3v) is 4.04. The molecule has 6 heteroatoms. The first-order valence-electron chi connectivity index (χ1n) is 8.71. The van der Waals surface area contributed by atoms with Crippen LogP contribution < -0.4 is 10.6 Å². The van der Waals surface area contributed by atoms with E-state index in [0.29, 0.717) is 17.6 Å². The number of anilines is 3. The number of carbonyl (C=O) groups is 1. The van der Waals surface area contributed by atoms with Gasteiger partial charge in [0.15, 0.2) is 0 Å². The molecule has 0 saturated carbocycles. The van der Waals surface area contributed by atoms with Gasteiger partial charge in [-0.15, -0.1) is 0 Å². The molecular weight excluding hydrogens is 343 g/mol. The molecule has 2 aromatic carbocycles. The maximum Gasteiger partial charge on any atom is 0.274 e. The summed E-state index contributed by atoms with van der Waals surface area (Å²) in [6.07, 6.45) is 0. The lowest BCUT2D eigenvalue weighted by molar-refractivity contribution is 0.102. The van der Waals surface area contributed by atoms with Gasteiger partial charge in [0.2, 0.25) is 0 Å². The van der Waals surface area contributed by atoms with Crippen molar-refractivity contribution in [1.82, 2.24) is 9.97 Å². The van der Waals surface area contributed by atoms with Gasteiger partial charge in [-0.05, 0) is 36.6 Å². The summed E-state index contributed by atoms with van der Waals surface area (Å²) < 4.78 is 13.8. The fourth-order valence-corrected chi connectivity index (χ4v) is 2.75. The number of amides is 1. The molecular formula is C21H21FN4O. The number of aryl methyl sites for hydroxylation is 1. The Bertz CT molecular complexity index is 972. The van der Waals surface area contributed by atoms with Crippen molar-refractivity contribution in [3.8, 4) is 0 Å². The number of benzene rings is 2. The van der Waals surface area contributed by atoms with Crippen LogP contribution in [0.4, 0.5) is 21.6 Å². The van der Waals surface area contributed by atoms with Crippen molar-refractivity contribution < 1.29 is 9.18 Å². The monoisotopic (exact) mass is 364 g/mol. The van der Waals surface area contributed by atoms with Crippen molar-refractivity contribution in [3.05, 3.63) is 77.5 Å². The van der Waals surface area contributed by atoms with Crippen molar-refractivity contribution >= 4 is 23.1 Å². The molecule has 0 bridgehead atoms. The minimum Gasteiger partial charge on any atom is -0.340 e. The van der Waals surface area contributed by atoms with Gasteiger partial charge >= 0.3 is 0 Å². The molecule has 1 amide bonds. The molecule has 0 fully saturated rings. The Labute approximate surface area is 157 Å². The summed E-state index contributed by atoms with van der Waals surface area (Å²) in [5.74, 6) is 0.294. The lowest BCUT2D eigenvalue weighted by Gasteiger charge is -2.15. The Balaban J connectivity index is 1.87. The third kappa shape index (κ3) is 4.47. The lowest BCUT2D eigenvalue weighted by atomic mass is 10.0. The van der Waals surface area contributed by atoms with E-state index in [1.165, 1.54) is 12.1 Å². The molecule has 3 rings (SSSR count). The Morgan fingerprint density at radius 1 is 1.00 bits per heavy atom. The van der Waals surface area contributed by atoms with E-state index in [2.05, 4.69) is 34.4 Å². The van der Waals surface area contributed by atoms with Crippen LogP contribution in [0.1, 0.15) is 41.6 Å². The van der Waals surface area contributed by atoms with Gasteiger partial charge in [-0.3, -0.25) is 4.79 Å². The third-order valence-electron chi connectivity index (χ3n) is 4.04. The molecule has 0 saturated heterocycles. The number of hydrogen-bond acceptors (Lipinski definition) is 4. The standard InChI is InChI=1S/C21H21FN4O/c1-13(2)15-8-4-6-10-17(15)25-20-12-19(23-14(3)24-20)21(27)26-18-11-7-5-9-16(18)22/h4-13H,1-3H3,(H,26,27)(H,23,24,25). The molecule has 1 aromatic heterocycles. The van der Waals surface area contributed by atoms with Crippen LogP contribution in [-0.2, 0) is 0 Å². The van der Waals surface area contributed by atoms with Crippen molar-refractivity contribution in [2.24, 2.45) is 0 Å². The number of para-hydroxylation sites is 2. The average Bonchev–Trinajstić information content (AvgIpc) is 2.63. The predicted molar refractivity (Wildman–Crippen MR) is 105 cm³/mol. The lowest BCUT2D eigenvalue weighted by Crippen LogP contribution is -2.16. The zero-order valence-corrected chi connectivity index (χ0v) is 15.5. The molecule has 0 unspecified atom stereocenters. The number of hydrogen-bond donors (Lipinski definition) is 2. The molecule has 5 nitrogen and oxygen atoms in total. The number of aromatic nitrogens is 2. The van der Waals surface area contributed by atoms with Crippen molar-refractivity contribution in [2.45, 2.75) is 26.7 Å². The SMILES string of the molecule is Cc1nc(Nc2ccccc2C(C)C)cc(C(=O)Nc2ccccc2F)n1. The summed E-state index contributed by atoms with van der Waals surface area (Å²) in [7, 11) is 0. The summed E-state index contributed by atoms with van der Waals surface area (Å²) >= 11 is 0. The first kappa shape index (κ1) is 18.5. The van der Waals surface area contributed by atoms with E-state index in [4.69, 9.17) is 0 Å². The molecule has 3 aromatic rings. The Hall–Kier alpha value is -3.28. The van der Waals surface area contributed by atoms with E-state index in [0.717, 1.165) is 11.3 Å². The van der Waals surface area contributed by atoms with Crippen molar-refractivity contribution in [1.29, 1.82) is 0 Å². The topological polar surface area (TPSA) is 66.9 Å². The number of halogens is 1. The number of rotatable bonds is 5. The van der Waals surface area contributed by atoms with Crippen LogP contribution in [0.2, 0.25) is 0 Å². The summed E-state index contributed by atoms with van der Waals surface area (Å²) in [5, 5.41) is 5.80. The van der Waals surface area contributed by atoms with Crippen LogP contribution in [0, 0.1) is 12.7 Å². The fourth-order valence-electron chi connectivity index (χ4n) is 2.75. The van der Waals surface area contributed by atoms with E-state index < -0.39 is 11.7 Å². The largest absolute Gasteiger partial charge is 0.340 e. The zero-order chi connectivity index (χ0) is 19.4. The van der Waals surface area contributed by atoms with Crippen LogP contribution in [0.3, 0.4) is 0 Å². The predicted octanol–water partition coefficient (Wildman–Crippen LogP) is 5.04. The minimum absolute atomic E-state index is 0.110. The van der Waals surface area contributed by atoms with Crippen LogP contribution in [0.25, 0.3) is 0 Å².